The molecule has 0 fully saturated rings. The Labute approximate surface area is 175 Å². The second-order valence-corrected chi connectivity index (χ2v) is 7.19. The summed E-state index contributed by atoms with van der Waals surface area (Å²) in [6, 6.07) is 10.5. The summed E-state index contributed by atoms with van der Waals surface area (Å²) in [5.74, 6) is -0.645. The molecule has 0 saturated heterocycles. The van der Waals surface area contributed by atoms with Gasteiger partial charge in [-0.1, -0.05) is 36.7 Å². The van der Waals surface area contributed by atoms with Crippen molar-refractivity contribution in [2.75, 3.05) is 13.2 Å². The van der Waals surface area contributed by atoms with E-state index in [0.29, 0.717) is 22.9 Å². The SMILES string of the molecule is CCCNC(=O)C(C)N(Cc1ccccc1F)C(=O)COc1ccc(Cl)c(C)c1. The van der Waals surface area contributed by atoms with Gasteiger partial charge in [-0.05, 0) is 50.1 Å². The fourth-order valence-corrected chi connectivity index (χ4v) is 2.84. The van der Waals surface area contributed by atoms with Crippen molar-refractivity contribution in [2.24, 2.45) is 0 Å². The van der Waals surface area contributed by atoms with E-state index in [-0.39, 0.29) is 19.1 Å². The number of aryl methyl sites for hydroxylation is 1. The zero-order valence-electron chi connectivity index (χ0n) is 16.9. The maximum atomic E-state index is 14.1. The van der Waals surface area contributed by atoms with Crippen molar-refractivity contribution in [3.63, 3.8) is 0 Å². The average Bonchev–Trinajstić information content (AvgIpc) is 2.71. The van der Waals surface area contributed by atoms with Crippen molar-refractivity contribution in [3.05, 3.63) is 64.4 Å². The second kappa shape index (κ2) is 10.8. The number of hydrogen-bond donors (Lipinski definition) is 1. The summed E-state index contributed by atoms with van der Waals surface area (Å²) in [4.78, 5) is 26.6. The number of amides is 2. The molecule has 0 aliphatic heterocycles. The Kier molecular flexibility index (Phi) is 8.46. The topological polar surface area (TPSA) is 58.6 Å². The first kappa shape index (κ1) is 22.7. The minimum absolute atomic E-state index is 0.0325. The first-order chi connectivity index (χ1) is 13.8. The van der Waals surface area contributed by atoms with E-state index in [9.17, 15) is 14.0 Å². The van der Waals surface area contributed by atoms with Crippen LogP contribution in [0.4, 0.5) is 4.39 Å². The molecular weight excluding hydrogens is 395 g/mol. The van der Waals surface area contributed by atoms with E-state index in [4.69, 9.17) is 16.3 Å². The Balaban J connectivity index is 2.15. The highest BCUT2D eigenvalue weighted by atomic mass is 35.5. The molecule has 1 atom stereocenters. The molecular formula is C22H26ClFN2O3. The van der Waals surface area contributed by atoms with Crippen molar-refractivity contribution in [3.8, 4) is 5.75 Å². The van der Waals surface area contributed by atoms with E-state index in [0.717, 1.165) is 12.0 Å². The summed E-state index contributed by atoms with van der Waals surface area (Å²) in [5, 5.41) is 3.38. The molecule has 5 nitrogen and oxygen atoms in total. The molecule has 156 valence electrons. The summed E-state index contributed by atoms with van der Waals surface area (Å²) in [5.41, 5.74) is 1.16. The normalized spacial score (nSPS) is 11.6. The third-order valence-corrected chi connectivity index (χ3v) is 4.93. The molecule has 1 N–H and O–H groups in total. The van der Waals surface area contributed by atoms with E-state index in [1.807, 2.05) is 13.8 Å². The molecule has 0 radical (unpaired) electrons. The molecule has 0 heterocycles. The molecule has 2 aromatic carbocycles. The number of carbonyl (C=O) groups excluding carboxylic acids is 2. The quantitative estimate of drug-likeness (QED) is 0.664. The molecule has 0 aliphatic rings. The van der Waals surface area contributed by atoms with Crippen LogP contribution in [0.2, 0.25) is 5.02 Å². The summed E-state index contributed by atoms with van der Waals surface area (Å²) in [6.45, 7) is 5.59. The number of nitrogens with zero attached hydrogens (tertiary/aromatic N) is 1. The second-order valence-electron chi connectivity index (χ2n) is 6.78. The molecule has 0 saturated carbocycles. The van der Waals surface area contributed by atoms with Gasteiger partial charge in [0.2, 0.25) is 5.91 Å². The van der Waals surface area contributed by atoms with Gasteiger partial charge in [0, 0.05) is 23.7 Å². The van der Waals surface area contributed by atoms with E-state index in [1.54, 1.807) is 43.3 Å². The lowest BCUT2D eigenvalue weighted by molar-refractivity contribution is -0.142. The van der Waals surface area contributed by atoms with Gasteiger partial charge < -0.3 is 15.0 Å². The standard InChI is InChI=1S/C22H26ClFN2O3/c1-4-11-25-22(28)16(3)26(13-17-7-5-6-8-20(17)24)21(27)14-29-18-9-10-19(23)15(2)12-18/h5-10,12,16H,4,11,13-14H2,1-3H3,(H,25,28). The van der Waals surface area contributed by atoms with Crippen LogP contribution in [0.3, 0.4) is 0 Å². The molecule has 0 aromatic heterocycles. The Bertz CT molecular complexity index is 860. The number of nitrogens with one attached hydrogen (secondary N) is 1. The Morgan fingerprint density at radius 3 is 2.62 bits per heavy atom. The fraction of sp³-hybridized carbons (Fsp3) is 0.364. The minimum Gasteiger partial charge on any atom is -0.484 e. The lowest BCUT2D eigenvalue weighted by atomic mass is 10.1. The van der Waals surface area contributed by atoms with Gasteiger partial charge in [0.15, 0.2) is 6.61 Å². The van der Waals surface area contributed by atoms with Crippen LogP contribution in [0.1, 0.15) is 31.4 Å². The van der Waals surface area contributed by atoms with Crippen LogP contribution in [0.5, 0.6) is 5.75 Å². The van der Waals surface area contributed by atoms with Crippen molar-refractivity contribution in [1.82, 2.24) is 10.2 Å². The van der Waals surface area contributed by atoms with Gasteiger partial charge in [-0.2, -0.15) is 0 Å². The highest BCUT2D eigenvalue weighted by Crippen LogP contribution is 2.21. The van der Waals surface area contributed by atoms with E-state index < -0.39 is 17.8 Å². The van der Waals surface area contributed by atoms with Crippen LogP contribution in [0.15, 0.2) is 42.5 Å². The highest BCUT2D eigenvalue weighted by Gasteiger charge is 2.27. The lowest BCUT2D eigenvalue weighted by Crippen LogP contribution is -2.49. The number of ether oxygens (including phenoxy) is 1. The van der Waals surface area contributed by atoms with Crippen LogP contribution < -0.4 is 10.1 Å². The molecule has 0 spiro atoms. The first-order valence-electron chi connectivity index (χ1n) is 9.53. The third-order valence-electron chi connectivity index (χ3n) is 4.51. The highest BCUT2D eigenvalue weighted by molar-refractivity contribution is 6.31. The molecule has 29 heavy (non-hydrogen) atoms. The van der Waals surface area contributed by atoms with Crippen LogP contribution in [0.25, 0.3) is 0 Å². The number of rotatable bonds is 9. The number of carbonyl (C=O) groups is 2. The Morgan fingerprint density at radius 2 is 1.97 bits per heavy atom. The van der Waals surface area contributed by atoms with Gasteiger partial charge in [-0.25, -0.2) is 4.39 Å². The van der Waals surface area contributed by atoms with E-state index in [2.05, 4.69) is 5.32 Å². The Morgan fingerprint density at radius 1 is 1.24 bits per heavy atom. The van der Waals surface area contributed by atoms with Gasteiger partial charge in [0.25, 0.3) is 5.91 Å². The van der Waals surface area contributed by atoms with Gasteiger partial charge in [-0.15, -0.1) is 0 Å². The number of benzene rings is 2. The maximum Gasteiger partial charge on any atom is 0.261 e. The summed E-state index contributed by atoms with van der Waals surface area (Å²) in [7, 11) is 0. The molecule has 0 bridgehead atoms. The predicted octanol–water partition coefficient (Wildman–Crippen LogP) is 4.11. The third kappa shape index (κ3) is 6.46. The van der Waals surface area contributed by atoms with Gasteiger partial charge >= 0.3 is 0 Å². The van der Waals surface area contributed by atoms with Gasteiger partial charge in [0.1, 0.15) is 17.6 Å². The monoisotopic (exact) mass is 420 g/mol. The number of hydrogen-bond acceptors (Lipinski definition) is 3. The largest absolute Gasteiger partial charge is 0.484 e. The van der Waals surface area contributed by atoms with Crippen LogP contribution in [-0.4, -0.2) is 35.9 Å². The van der Waals surface area contributed by atoms with E-state index >= 15 is 0 Å². The van der Waals surface area contributed by atoms with Crippen LogP contribution in [-0.2, 0) is 16.1 Å². The van der Waals surface area contributed by atoms with Crippen molar-refractivity contribution in [2.45, 2.75) is 39.8 Å². The molecule has 2 amide bonds. The first-order valence-corrected chi connectivity index (χ1v) is 9.90. The van der Waals surface area contributed by atoms with Crippen LogP contribution in [0, 0.1) is 12.7 Å². The summed E-state index contributed by atoms with van der Waals surface area (Å²) >= 11 is 6.01. The fourth-order valence-electron chi connectivity index (χ4n) is 2.72. The minimum atomic E-state index is -0.774. The Hall–Kier alpha value is -2.60. The summed E-state index contributed by atoms with van der Waals surface area (Å²) < 4.78 is 19.7. The summed E-state index contributed by atoms with van der Waals surface area (Å²) in [6.07, 6.45) is 0.777. The predicted molar refractivity (Wildman–Crippen MR) is 111 cm³/mol. The lowest BCUT2D eigenvalue weighted by Gasteiger charge is -2.29. The smallest absolute Gasteiger partial charge is 0.261 e. The van der Waals surface area contributed by atoms with Crippen molar-refractivity contribution >= 4 is 23.4 Å². The van der Waals surface area contributed by atoms with Crippen molar-refractivity contribution < 1.29 is 18.7 Å². The zero-order chi connectivity index (χ0) is 21.4. The zero-order valence-corrected chi connectivity index (χ0v) is 17.6. The molecule has 0 aliphatic carbocycles. The van der Waals surface area contributed by atoms with Crippen molar-refractivity contribution in [1.29, 1.82) is 0 Å². The average molecular weight is 421 g/mol. The van der Waals surface area contributed by atoms with E-state index in [1.165, 1.54) is 11.0 Å². The van der Waals surface area contributed by atoms with Crippen LogP contribution >= 0.6 is 11.6 Å². The number of halogens is 2. The molecule has 2 rings (SSSR count). The molecule has 2 aromatic rings. The van der Waals surface area contributed by atoms with Gasteiger partial charge in [-0.3, -0.25) is 9.59 Å². The van der Waals surface area contributed by atoms with Gasteiger partial charge in [0.05, 0.1) is 0 Å². The maximum absolute atomic E-state index is 14.1. The molecule has 7 heteroatoms. The molecule has 1 unspecified atom stereocenters.